The molecule has 0 aromatic heterocycles. The fourth-order valence-corrected chi connectivity index (χ4v) is 2.57. The van der Waals surface area contributed by atoms with Crippen LogP contribution in [0.3, 0.4) is 0 Å². The summed E-state index contributed by atoms with van der Waals surface area (Å²) in [5.74, 6) is 0. The van der Waals surface area contributed by atoms with Gasteiger partial charge in [-0.3, -0.25) is 0 Å². The molecule has 108 valence electrons. The molecule has 0 aliphatic rings. The Morgan fingerprint density at radius 3 is 2.21 bits per heavy atom. The predicted molar refractivity (Wildman–Crippen MR) is 90.0 cm³/mol. The third-order valence-electron chi connectivity index (χ3n) is 3.53. The molecule has 0 unspecified atom stereocenters. The summed E-state index contributed by atoms with van der Waals surface area (Å²) in [6, 6.07) is 6.48. The van der Waals surface area contributed by atoms with E-state index in [9.17, 15) is 0 Å². The number of unbranched alkanes of at least 4 members (excludes halogenated alkanes) is 7. The molecule has 1 N–H and O–H groups in total. The Balaban J connectivity index is 2.00. The van der Waals surface area contributed by atoms with E-state index in [-0.39, 0.29) is 0 Å². The highest BCUT2D eigenvalue weighted by atomic mass is 79.9. The Kier molecular flexibility index (Phi) is 8.98. The molecule has 0 aliphatic heterocycles. The minimum atomic E-state index is 1.09. The third-order valence-corrected chi connectivity index (χ3v) is 4.39. The van der Waals surface area contributed by atoms with Crippen LogP contribution in [0.4, 0.5) is 5.69 Å². The van der Waals surface area contributed by atoms with Crippen molar-refractivity contribution in [2.45, 2.75) is 65.2 Å². The summed E-state index contributed by atoms with van der Waals surface area (Å²) in [6.45, 7) is 5.48. The number of aryl methyl sites for hydroxylation is 1. The zero-order chi connectivity index (χ0) is 13.9. The number of nitrogens with one attached hydrogen (secondary N) is 1. The number of rotatable bonds is 10. The van der Waals surface area contributed by atoms with Crippen LogP contribution in [0.5, 0.6) is 0 Å². The van der Waals surface area contributed by atoms with Gasteiger partial charge in [0.1, 0.15) is 0 Å². The Bertz CT molecular complexity index is 349. The summed E-state index contributed by atoms with van der Waals surface area (Å²) in [5, 5.41) is 3.49. The van der Waals surface area contributed by atoms with E-state index in [1.54, 1.807) is 0 Å². The predicted octanol–water partition coefficient (Wildman–Crippen LogP) is 6.31. The third kappa shape index (κ3) is 7.61. The van der Waals surface area contributed by atoms with Crippen molar-refractivity contribution in [3.05, 3.63) is 28.2 Å². The van der Waals surface area contributed by atoms with Gasteiger partial charge in [0.25, 0.3) is 0 Å². The maximum Gasteiger partial charge on any atom is 0.0351 e. The second-order valence-electron chi connectivity index (χ2n) is 5.37. The largest absolute Gasteiger partial charge is 0.385 e. The molecule has 1 rings (SSSR count). The van der Waals surface area contributed by atoms with Crippen LogP contribution in [0.15, 0.2) is 22.7 Å². The minimum Gasteiger partial charge on any atom is -0.385 e. The first-order chi connectivity index (χ1) is 9.24. The monoisotopic (exact) mass is 325 g/mol. The first-order valence-electron chi connectivity index (χ1n) is 7.74. The molecule has 0 aliphatic carbocycles. The van der Waals surface area contributed by atoms with Crippen molar-refractivity contribution in [3.63, 3.8) is 0 Å². The molecule has 0 bridgehead atoms. The van der Waals surface area contributed by atoms with E-state index < -0.39 is 0 Å². The zero-order valence-corrected chi connectivity index (χ0v) is 14.1. The molecule has 1 aromatic rings. The van der Waals surface area contributed by atoms with E-state index >= 15 is 0 Å². The average molecular weight is 326 g/mol. The fourth-order valence-electron chi connectivity index (χ4n) is 2.19. The number of halogens is 1. The van der Waals surface area contributed by atoms with Crippen molar-refractivity contribution < 1.29 is 0 Å². The van der Waals surface area contributed by atoms with Gasteiger partial charge in [-0.2, -0.15) is 0 Å². The molecule has 1 aromatic carbocycles. The second kappa shape index (κ2) is 10.3. The molecule has 19 heavy (non-hydrogen) atoms. The van der Waals surface area contributed by atoms with Crippen molar-refractivity contribution in [3.8, 4) is 0 Å². The SMILES string of the molecule is CCCCCCCCCCNc1ccc(C)c(Br)c1. The van der Waals surface area contributed by atoms with E-state index in [2.05, 4.69) is 53.3 Å². The summed E-state index contributed by atoms with van der Waals surface area (Å²) in [7, 11) is 0. The Hall–Kier alpha value is -0.500. The van der Waals surface area contributed by atoms with Gasteiger partial charge in [0.05, 0.1) is 0 Å². The van der Waals surface area contributed by atoms with Crippen LogP contribution in [0.1, 0.15) is 63.9 Å². The Morgan fingerprint density at radius 2 is 1.58 bits per heavy atom. The van der Waals surface area contributed by atoms with Crippen molar-refractivity contribution in [1.82, 2.24) is 0 Å². The first kappa shape index (κ1) is 16.6. The molecule has 0 saturated carbocycles. The summed E-state index contributed by atoms with van der Waals surface area (Å²) in [5.41, 5.74) is 2.51. The van der Waals surface area contributed by atoms with Crippen molar-refractivity contribution in [1.29, 1.82) is 0 Å². The van der Waals surface area contributed by atoms with Crippen LogP contribution in [0.25, 0.3) is 0 Å². The van der Waals surface area contributed by atoms with Crippen LogP contribution in [0, 0.1) is 6.92 Å². The molecular formula is C17H28BrN. The summed E-state index contributed by atoms with van der Waals surface area (Å²) in [6.07, 6.45) is 11.0. The minimum absolute atomic E-state index is 1.09. The van der Waals surface area contributed by atoms with Crippen LogP contribution in [0.2, 0.25) is 0 Å². The van der Waals surface area contributed by atoms with Crippen molar-refractivity contribution in [2.75, 3.05) is 11.9 Å². The molecule has 0 radical (unpaired) electrons. The van der Waals surface area contributed by atoms with Gasteiger partial charge in [0.2, 0.25) is 0 Å². The maximum atomic E-state index is 3.57. The van der Waals surface area contributed by atoms with E-state index in [1.165, 1.54) is 67.1 Å². The fraction of sp³-hybridized carbons (Fsp3) is 0.647. The molecular weight excluding hydrogens is 298 g/mol. The summed E-state index contributed by atoms with van der Waals surface area (Å²) in [4.78, 5) is 0. The van der Waals surface area contributed by atoms with Crippen LogP contribution in [-0.2, 0) is 0 Å². The topological polar surface area (TPSA) is 12.0 Å². The number of benzene rings is 1. The quantitative estimate of drug-likeness (QED) is 0.497. The van der Waals surface area contributed by atoms with E-state index in [1.807, 2.05) is 0 Å². The van der Waals surface area contributed by atoms with Gasteiger partial charge < -0.3 is 5.32 Å². The Morgan fingerprint density at radius 1 is 0.947 bits per heavy atom. The summed E-state index contributed by atoms with van der Waals surface area (Å²) < 4.78 is 1.19. The van der Waals surface area contributed by atoms with Gasteiger partial charge in [0.15, 0.2) is 0 Å². The molecule has 0 atom stereocenters. The number of hydrogen-bond donors (Lipinski definition) is 1. The van der Waals surface area contributed by atoms with Gasteiger partial charge in [0, 0.05) is 16.7 Å². The molecule has 0 amide bonds. The van der Waals surface area contributed by atoms with Gasteiger partial charge in [-0.15, -0.1) is 0 Å². The van der Waals surface area contributed by atoms with Gasteiger partial charge >= 0.3 is 0 Å². The lowest BCUT2D eigenvalue weighted by molar-refractivity contribution is 0.581. The van der Waals surface area contributed by atoms with E-state index in [0.29, 0.717) is 0 Å². The zero-order valence-electron chi connectivity index (χ0n) is 12.5. The van der Waals surface area contributed by atoms with Gasteiger partial charge in [-0.25, -0.2) is 0 Å². The highest BCUT2D eigenvalue weighted by Crippen LogP contribution is 2.20. The van der Waals surface area contributed by atoms with E-state index in [4.69, 9.17) is 0 Å². The van der Waals surface area contributed by atoms with Crippen LogP contribution in [-0.4, -0.2) is 6.54 Å². The Labute approximate surface area is 127 Å². The standard InChI is InChI=1S/C17H28BrN/c1-3-4-5-6-7-8-9-10-13-19-16-12-11-15(2)17(18)14-16/h11-12,14,19H,3-10,13H2,1-2H3. The normalized spacial score (nSPS) is 10.7. The van der Waals surface area contributed by atoms with Gasteiger partial charge in [-0.05, 0) is 31.0 Å². The highest BCUT2D eigenvalue weighted by molar-refractivity contribution is 9.10. The second-order valence-corrected chi connectivity index (χ2v) is 6.22. The molecule has 0 saturated heterocycles. The van der Waals surface area contributed by atoms with E-state index in [0.717, 1.165) is 6.54 Å². The van der Waals surface area contributed by atoms with Gasteiger partial charge in [-0.1, -0.05) is 73.9 Å². The van der Waals surface area contributed by atoms with Crippen molar-refractivity contribution >= 4 is 21.6 Å². The molecule has 0 fully saturated rings. The lowest BCUT2D eigenvalue weighted by atomic mass is 10.1. The number of anilines is 1. The highest BCUT2D eigenvalue weighted by Gasteiger charge is 1.97. The van der Waals surface area contributed by atoms with Crippen LogP contribution >= 0.6 is 15.9 Å². The maximum absolute atomic E-state index is 3.57. The van der Waals surface area contributed by atoms with Crippen molar-refractivity contribution in [2.24, 2.45) is 0 Å². The smallest absolute Gasteiger partial charge is 0.0351 e. The molecule has 0 spiro atoms. The number of hydrogen-bond acceptors (Lipinski definition) is 1. The van der Waals surface area contributed by atoms with Crippen LogP contribution < -0.4 is 5.32 Å². The molecule has 1 nitrogen and oxygen atoms in total. The lowest BCUT2D eigenvalue weighted by Gasteiger charge is -2.08. The molecule has 0 heterocycles. The summed E-state index contributed by atoms with van der Waals surface area (Å²) >= 11 is 3.57. The average Bonchev–Trinajstić information content (AvgIpc) is 2.41. The first-order valence-corrected chi connectivity index (χ1v) is 8.53. The molecule has 2 heteroatoms. The lowest BCUT2D eigenvalue weighted by Crippen LogP contribution is -2.01.